The number of sulfonamides is 1. The van der Waals surface area contributed by atoms with E-state index in [1.165, 1.54) is 30.5 Å². The van der Waals surface area contributed by atoms with Crippen molar-refractivity contribution >= 4 is 15.7 Å². The number of aromatic nitrogens is 1. The Balaban J connectivity index is 2.30. The quantitative estimate of drug-likeness (QED) is 0.887. The third-order valence-electron chi connectivity index (χ3n) is 2.29. The van der Waals surface area contributed by atoms with Gasteiger partial charge in [0.2, 0.25) is 0 Å². The van der Waals surface area contributed by atoms with Crippen molar-refractivity contribution in [3.05, 3.63) is 48.3 Å². The summed E-state index contributed by atoms with van der Waals surface area (Å²) in [4.78, 5) is 4.00. The van der Waals surface area contributed by atoms with Crippen LogP contribution in [-0.4, -0.2) is 18.5 Å². The fraction of sp³-hybridized carbons (Fsp3) is 0.0833. The molecule has 5 nitrogen and oxygen atoms in total. The highest BCUT2D eigenvalue weighted by Crippen LogP contribution is 2.19. The molecule has 1 aromatic heterocycles. The maximum atomic E-state index is 12.0. The van der Waals surface area contributed by atoms with Crippen LogP contribution >= 0.6 is 0 Å². The summed E-state index contributed by atoms with van der Waals surface area (Å²) in [6.45, 7) is 1.81. The lowest BCUT2D eigenvalue weighted by Gasteiger charge is -2.08. The van der Waals surface area contributed by atoms with Crippen molar-refractivity contribution in [2.24, 2.45) is 0 Å². The summed E-state index contributed by atoms with van der Waals surface area (Å²) in [5.74, 6) is -0.0973. The number of phenols is 1. The van der Waals surface area contributed by atoms with Gasteiger partial charge in [-0.05, 0) is 31.2 Å². The molecule has 0 atom stereocenters. The summed E-state index contributed by atoms with van der Waals surface area (Å²) >= 11 is 0. The molecule has 0 unspecified atom stereocenters. The predicted octanol–water partition coefficient (Wildman–Crippen LogP) is 1.90. The zero-order valence-electron chi connectivity index (χ0n) is 9.66. The zero-order valence-corrected chi connectivity index (χ0v) is 10.5. The Morgan fingerprint density at radius 3 is 2.61 bits per heavy atom. The van der Waals surface area contributed by atoms with Crippen LogP contribution in [0.1, 0.15) is 5.69 Å². The molecule has 0 spiro atoms. The van der Waals surface area contributed by atoms with Crippen LogP contribution < -0.4 is 4.72 Å². The normalized spacial score (nSPS) is 11.2. The second kappa shape index (κ2) is 4.66. The Morgan fingerprint density at radius 2 is 2.00 bits per heavy atom. The first kappa shape index (κ1) is 12.4. The topological polar surface area (TPSA) is 79.3 Å². The first-order valence-electron chi connectivity index (χ1n) is 5.22. The Kier molecular flexibility index (Phi) is 3.20. The van der Waals surface area contributed by atoms with Crippen molar-refractivity contribution in [2.45, 2.75) is 11.8 Å². The molecule has 2 N–H and O–H groups in total. The van der Waals surface area contributed by atoms with Crippen LogP contribution in [0.25, 0.3) is 0 Å². The van der Waals surface area contributed by atoms with Gasteiger partial charge in [0, 0.05) is 11.8 Å². The van der Waals surface area contributed by atoms with Gasteiger partial charge in [0.05, 0.1) is 16.8 Å². The molecule has 0 amide bonds. The lowest BCUT2D eigenvalue weighted by atomic mass is 10.3. The largest absolute Gasteiger partial charge is 0.508 e. The third kappa shape index (κ3) is 2.78. The molecule has 1 aromatic carbocycles. The number of phenolic OH excluding ortho intramolecular Hbond substituents is 1. The lowest BCUT2D eigenvalue weighted by Crippen LogP contribution is -2.12. The minimum Gasteiger partial charge on any atom is -0.508 e. The van der Waals surface area contributed by atoms with Gasteiger partial charge in [-0.3, -0.25) is 9.71 Å². The number of hydrogen-bond donors (Lipinski definition) is 2. The highest BCUT2D eigenvalue weighted by Gasteiger charge is 2.14. The van der Waals surface area contributed by atoms with Crippen LogP contribution in [0.15, 0.2) is 47.5 Å². The second-order valence-corrected chi connectivity index (χ2v) is 5.47. The minimum atomic E-state index is -3.70. The molecule has 0 fully saturated rings. The van der Waals surface area contributed by atoms with Gasteiger partial charge in [-0.15, -0.1) is 0 Å². The van der Waals surface area contributed by atoms with E-state index in [0.717, 1.165) is 5.69 Å². The molecule has 0 aliphatic rings. The molecule has 0 aliphatic heterocycles. The third-order valence-corrected chi connectivity index (χ3v) is 3.67. The standard InChI is InChI=1S/C12H12N2O3S/c1-9-5-6-10(8-13-9)14-18(16,17)12-4-2-3-11(15)7-12/h2-8,14-15H,1H3. The molecule has 0 aliphatic carbocycles. The maximum Gasteiger partial charge on any atom is 0.262 e. The molecule has 0 bridgehead atoms. The SMILES string of the molecule is Cc1ccc(NS(=O)(=O)c2cccc(O)c2)cn1. The zero-order chi connectivity index (χ0) is 13.2. The van der Waals surface area contributed by atoms with Gasteiger partial charge in [-0.2, -0.15) is 0 Å². The molecule has 2 rings (SSSR count). The molecule has 94 valence electrons. The van der Waals surface area contributed by atoms with E-state index in [9.17, 15) is 13.5 Å². The molecule has 2 aromatic rings. The number of anilines is 1. The van der Waals surface area contributed by atoms with Crippen LogP contribution in [0.4, 0.5) is 5.69 Å². The van der Waals surface area contributed by atoms with Crippen LogP contribution in [0.2, 0.25) is 0 Å². The summed E-state index contributed by atoms with van der Waals surface area (Å²) in [6, 6.07) is 8.81. The number of aromatic hydroxyl groups is 1. The van der Waals surface area contributed by atoms with Gasteiger partial charge in [-0.25, -0.2) is 8.42 Å². The second-order valence-electron chi connectivity index (χ2n) is 3.79. The van der Waals surface area contributed by atoms with E-state index >= 15 is 0 Å². The van der Waals surface area contributed by atoms with Crippen molar-refractivity contribution < 1.29 is 13.5 Å². The van der Waals surface area contributed by atoms with Crippen LogP contribution in [0.5, 0.6) is 5.75 Å². The first-order chi connectivity index (χ1) is 8.47. The van der Waals surface area contributed by atoms with Crippen molar-refractivity contribution in [3.8, 4) is 5.75 Å². The molecular formula is C12H12N2O3S. The van der Waals surface area contributed by atoms with Crippen LogP contribution in [0.3, 0.4) is 0 Å². The van der Waals surface area contributed by atoms with Gasteiger partial charge in [0.25, 0.3) is 10.0 Å². The van der Waals surface area contributed by atoms with Crippen molar-refractivity contribution in [2.75, 3.05) is 4.72 Å². The van der Waals surface area contributed by atoms with E-state index < -0.39 is 10.0 Å². The number of rotatable bonds is 3. The fourth-order valence-corrected chi connectivity index (χ4v) is 2.48. The number of nitrogens with one attached hydrogen (secondary N) is 1. The van der Waals surface area contributed by atoms with Gasteiger partial charge in [0.15, 0.2) is 0 Å². The van der Waals surface area contributed by atoms with E-state index in [2.05, 4.69) is 9.71 Å². The molecule has 6 heteroatoms. The van der Waals surface area contributed by atoms with E-state index in [0.29, 0.717) is 5.69 Å². The summed E-state index contributed by atoms with van der Waals surface area (Å²) in [5, 5.41) is 9.27. The monoisotopic (exact) mass is 264 g/mol. The van der Waals surface area contributed by atoms with Crippen LogP contribution in [-0.2, 0) is 10.0 Å². The summed E-state index contributed by atoms with van der Waals surface area (Å²) < 4.78 is 26.4. The van der Waals surface area contributed by atoms with E-state index in [1.807, 2.05) is 6.92 Å². The lowest BCUT2D eigenvalue weighted by molar-refractivity contribution is 0.473. The molecule has 0 saturated carbocycles. The number of nitrogens with zero attached hydrogens (tertiary/aromatic N) is 1. The number of pyridine rings is 1. The Hall–Kier alpha value is -2.08. The number of hydrogen-bond acceptors (Lipinski definition) is 4. The summed E-state index contributed by atoms with van der Waals surface area (Å²) in [5.41, 5.74) is 1.18. The predicted molar refractivity (Wildman–Crippen MR) is 67.9 cm³/mol. The average molecular weight is 264 g/mol. The van der Waals surface area contributed by atoms with E-state index in [4.69, 9.17) is 0 Å². The smallest absolute Gasteiger partial charge is 0.262 e. The Morgan fingerprint density at radius 1 is 1.22 bits per heavy atom. The summed E-state index contributed by atoms with van der Waals surface area (Å²) in [7, 11) is -3.70. The molecule has 0 radical (unpaired) electrons. The summed E-state index contributed by atoms with van der Waals surface area (Å²) in [6.07, 6.45) is 1.44. The molecule has 0 saturated heterocycles. The first-order valence-corrected chi connectivity index (χ1v) is 6.70. The average Bonchev–Trinajstić information content (AvgIpc) is 2.32. The van der Waals surface area contributed by atoms with Gasteiger partial charge < -0.3 is 5.11 Å². The Labute approximate surface area is 105 Å². The highest BCUT2D eigenvalue weighted by atomic mass is 32.2. The van der Waals surface area contributed by atoms with E-state index in [1.54, 1.807) is 12.1 Å². The van der Waals surface area contributed by atoms with Gasteiger partial charge in [-0.1, -0.05) is 6.07 Å². The number of aryl methyl sites for hydroxylation is 1. The molecular weight excluding hydrogens is 252 g/mol. The highest BCUT2D eigenvalue weighted by molar-refractivity contribution is 7.92. The van der Waals surface area contributed by atoms with E-state index in [-0.39, 0.29) is 10.6 Å². The molecule has 18 heavy (non-hydrogen) atoms. The molecule has 1 heterocycles. The Bertz CT molecular complexity index is 651. The number of benzene rings is 1. The van der Waals surface area contributed by atoms with Crippen molar-refractivity contribution in [1.29, 1.82) is 0 Å². The van der Waals surface area contributed by atoms with Crippen LogP contribution in [0, 0.1) is 6.92 Å². The fourth-order valence-electron chi connectivity index (χ4n) is 1.39. The van der Waals surface area contributed by atoms with Gasteiger partial charge in [0.1, 0.15) is 5.75 Å². The van der Waals surface area contributed by atoms with Crippen molar-refractivity contribution in [3.63, 3.8) is 0 Å². The minimum absolute atomic E-state index is 0.00285. The maximum absolute atomic E-state index is 12.0. The van der Waals surface area contributed by atoms with Gasteiger partial charge >= 0.3 is 0 Å². The van der Waals surface area contributed by atoms with Crippen molar-refractivity contribution in [1.82, 2.24) is 4.98 Å².